The Hall–Kier alpha value is -1.14. The highest BCUT2D eigenvalue weighted by atomic mass is 32.2. The third-order valence-corrected chi connectivity index (χ3v) is 6.47. The van der Waals surface area contributed by atoms with Crippen LogP contribution in [0, 0.1) is 5.41 Å². The van der Waals surface area contributed by atoms with E-state index in [0.29, 0.717) is 11.1 Å². The first-order chi connectivity index (χ1) is 9.78. The van der Waals surface area contributed by atoms with Crippen molar-refractivity contribution in [1.29, 1.82) is 0 Å². The molecule has 0 spiro atoms. The van der Waals surface area contributed by atoms with Crippen LogP contribution < -0.4 is 5.32 Å². The molecule has 1 saturated carbocycles. The summed E-state index contributed by atoms with van der Waals surface area (Å²) in [4.78, 5) is 4.21. The van der Waals surface area contributed by atoms with Gasteiger partial charge in [-0.1, -0.05) is 13.8 Å². The van der Waals surface area contributed by atoms with E-state index >= 15 is 0 Å². The van der Waals surface area contributed by atoms with Crippen molar-refractivity contribution >= 4 is 15.7 Å². The largest absolute Gasteiger partial charge is 0.387 e. The molecule has 1 aromatic heterocycles. The molecule has 5 nitrogen and oxygen atoms in total. The van der Waals surface area contributed by atoms with Gasteiger partial charge < -0.3 is 5.32 Å². The second kappa shape index (κ2) is 5.93. The highest BCUT2D eigenvalue weighted by molar-refractivity contribution is 7.89. The van der Waals surface area contributed by atoms with Gasteiger partial charge in [0.15, 0.2) is 0 Å². The van der Waals surface area contributed by atoms with Crippen molar-refractivity contribution in [3.05, 3.63) is 18.5 Å². The molecule has 0 radical (unpaired) electrons. The molecule has 0 saturated heterocycles. The van der Waals surface area contributed by atoms with Crippen LogP contribution in [0.4, 0.5) is 5.69 Å². The fourth-order valence-electron chi connectivity index (χ4n) is 2.89. The predicted octanol–water partition coefficient (Wildman–Crippen LogP) is 2.71. The van der Waals surface area contributed by atoms with Crippen LogP contribution >= 0.6 is 0 Å². The molecule has 0 aromatic carbocycles. The Bertz CT molecular complexity index is 589. The van der Waals surface area contributed by atoms with Gasteiger partial charge in [-0.05, 0) is 37.2 Å². The van der Waals surface area contributed by atoms with Gasteiger partial charge in [0.25, 0.3) is 0 Å². The van der Waals surface area contributed by atoms with E-state index in [9.17, 15) is 8.42 Å². The number of nitrogens with zero attached hydrogens (tertiary/aromatic N) is 2. The molecule has 0 bridgehead atoms. The molecule has 1 fully saturated rings. The topological polar surface area (TPSA) is 62.3 Å². The maximum absolute atomic E-state index is 12.8. The molecule has 1 aliphatic carbocycles. The molecule has 6 heteroatoms. The lowest BCUT2D eigenvalue weighted by Gasteiger charge is -2.38. The van der Waals surface area contributed by atoms with Crippen LogP contribution in [-0.4, -0.2) is 37.8 Å². The monoisotopic (exact) mass is 311 g/mol. The Balaban J connectivity index is 2.23. The van der Waals surface area contributed by atoms with Crippen LogP contribution in [0.1, 0.15) is 39.5 Å². The summed E-state index contributed by atoms with van der Waals surface area (Å²) in [7, 11) is -0.105. The van der Waals surface area contributed by atoms with Gasteiger partial charge in [-0.25, -0.2) is 8.42 Å². The van der Waals surface area contributed by atoms with Crippen LogP contribution in [0.5, 0.6) is 0 Å². The van der Waals surface area contributed by atoms with E-state index in [1.807, 2.05) is 0 Å². The standard InChI is InChI=1S/C15H25N3O2S/c1-15(2)8-5-12(6-9-15)18(4)21(19,20)14-11-17-10-7-13(14)16-3/h7,10-12H,5-6,8-9H2,1-4H3,(H,16,17). The molecule has 1 N–H and O–H groups in total. The molecule has 0 unspecified atom stereocenters. The number of sulfonamides is 1. The van der Waals surface area contributed by atoms with Crippen LogP contribution in [0.2, 0.25) is 0 Å². The van der Waals surface area contributed by atoms with Gasteiger partial charge in [-0.15, -0.1) is 0 Å². The van der Waals surface area contributed by atoms with E-state index in [0.717, 1.165) is 25.7 Å². The number of rotatable bonds is 4. The molecular formula is C15H25N3O2S. The molecule has 1 aliphatic rings. The number of nitrogens with one attached hydrogen (secondary N) is 1. The SMILES string of the molecule is CNc1ccncc1S(=O)(=O)N(C)C1CCC(C)(C)CC1. The lowest BCUT2D eigenvalue weighted by atomic mass is 9.76. The van der Waals surface area contributed by atoms with E-state index in [2.05, 4.69) is 24.1 Å². The molecule has 1 heterocycles. The molecule has 0 aliphatic heterocycles. The predicted molar refractivity (Wildman–Crippen MR) is 84.8 cm³/mol. The van der Waals surface area contributed by atoms with Gasteiger partial charge in [0.05, 0.1) is 5.69 Å². The Morgan fingerprint density at radius 1 is 1.33 bits per heavy atom. The highest BCUT2D eigenvalue weighted by Gasteiger charge is 2.35. The van der Waals surface area contributed by atoms with Crippen molar-refractivity contribution in [2.75, 3.05) is 19.4 Å². The normalized spacial score (nSPS) is 19.7. The fraction of sp³-hybridized carbons (Fsp3) is 0.667. The quantitative estimate of drug-likeness (QED) is 0.928. The Kier molecular flexibility index (Phi) is 4.58. The summed E-state index contributed by atoms with van der Waals surface area (Å²) in [6.45, 7) is 4.50. The van der Waals surface area contributed by atoms with Gasteiger partial charge in [-0.3, -0.25) is 4.98 Å². The summed E-state index contributed by atoms with van der Waals surface area (Å²) in [5.41, 5.74) is 0.916. The molecule has 2 rings (SSSR count). The summed E-state index contributed by atoms with van der Waals surface area (Å²) in [6, 6.07) is 1.76. The van der Waals surface area contributed by atoms with Crippen LogP contribution in [0.15, 0.2) is 23.4 Å². The minimum atomic E-state index is -3.51. The molecule has 0 atom stereocenters. The minimum absolute atomic E-state index is 0.0768. The van der Waals surface area contributed by atoms with Gasteiger partial charge in [0.2, 0.25) is 10.0 Å². The maximum Gasteiger partial charge on any atom is 0.246 e. The van der Waals surface area contributed by atoms with Crippen molar-refractivity contribution in [1.82, 2.24) is 9.29 Å². The zero-order chi connectivity index (χ0) is 15.7. The smallest absolute Gasteiger partial charge is 0.246 e. The van der Waals surface area contributed by atoms with Gasteiger partial charge in [-0.2, -0.15) is 4.31 Å². The van der Waals surface area contributed by atoms with Crippen LogP contribution in [0.25, 0.3) is 0 Å². The van der Waals surface area contributed by atoms with Gasteiger partial charge in [0, 0.05) is 32.5 Å². The first-order valence-electron chi connectivity index (χ1n) is 7.38. The Morgan fingerprint density at radius 2 is 1.95 bits per heavy atom. The van der Waals surface area contributed by atoms with Crippen molar-refractivity contribution in [3.8, 4) is 0 Å². The summed E-state index contributed by atoms with van der Waals surface area (Å²) >= 11 is 0. The van der Waals surface area contributed by atoms with Crippen LogP contribution in [0.3, 0.4) is 0 Å². The average molecular weight is 311 g/mol. The number of hydrogen-bond acceptors (Lipinski definition) is 4. The van der Waals surface area contributed by atoms with E-state index in [1.54, 1.807) is 26.4 Å². The molecule has 0 amide bonds. The highest BCUT2D eigenvalue weighted by Crippen LogP contribution is 2.38. The lowest BCUT2D eigenvalue weighted by molar-refractivity contribution is 0.174. The zero-order valence-electron chi connectivity index (χ0n) is 13.3. The van der Waals surface area contributed by atoms with E-state index in [1.165, 1.54) is 10.5 Å². The summed E-state index contributed by atoms with van der Waals surface area (Å²) in [5, 5.41) is 2.93. The minimum Gasteiger partial charge on any atom is -0.387 e. The average Bonchev–Trinajstić information content (AvgIpc) is 2.46. The number of anilines is 1. The van der Waals surface area contributed by atoms with Gasteiger partial charge in [0.1, 0.15) is 4.90 Å². The molecule has 118 valence electrons. The van der Waals surface area contributed by atoms with Crippen molar-refractivity contribution < 1.29 is 8.42 Å². The molecule has 21 heavy (non-hydrogen) atoms. The number of pyridine rings is 1. The van der Waals surface area contributed by atoms with Crippen LogP contribution in [-0.2, 0) is 10.0 Å². The first kappa shape index (κ1) is 16.2. The first-order valence-corrected chi connectivity index (χ1v) is 8.82. The van der Waals surface area contributed by atoms with Crippen molar-refractivity contribution in [3.63, 3.8) is 0 Å². The molecular weight excluding hydrogens is 286 g/mol. The third kappa shape index (κ3) is 3.37. The number of hydrogen-bond donors (Lipinski definition) is 1. The van der Waals surface area contributed by atoms with Crippen molar-refractivity contribution in [2.24, 2.45) is 5.41 Å². The lowest BCUT2D eigenvalue weighted by Crippen LogP contribution is -2.41. The maximum atomic E-state index is 12.8. The zero-order valence-corrected chi connectivity index (χ0v) is 14.1. The number of aromatic nitrogens is 1. The van der Waals surface area contributed by atoms with E-state index < -0.39 is 10.0 Å². The van der Waals surface area contributed by atoms with Crippen molar-refractivity contribution in [2.45, 2.75) is 50.5 Å². The Labute approximate surface area is 127 Å². The molecule has 1 aromatic rings. The second-order valence-electron chi connectivity index (χ2n) is 6.54. The van der Waals surface area contributed by atoms with E-state index in [4.69, 9.17) is 0 Å². The summed E-state index contributed by atoms with van der Waals surface area (Å²) in [5.74, 6) is 0. The second-order valence-corrected chi connectivity index (χ2v) is 8.50. The third-order valence-electron chi connectivity index (χ3n) is 4.53. The fourth-order valence-corrected chi connectivity index (χ4v) is 4.45. The Morgan fingerprint density at radius 3 is 2.52 bits per heavy atom. The summed E-state index contributed by atoms with van der Waals surface area (Å²) in [6.07, 6.45) is 6.96. The summed E-state index contributed by atoms with van der Waals surface area (Å²) < 4.78 is 27.2. The van der Waals surface area contributed by atoms with Gasteiger partial charge >= 0.3 is 0 Å². The van der Waals surface area contributed by atoms with E-state index in [-0.39, 0.29) is 10.9 Å².